The van der Waals surface area contributed by atoms with E-state index >= 15 is 0 Å². The first kappa shape index (κ1) is 8.52. The van der Waals surface area contributed by atoms with Gasteiger partial charge < -0.3 is 4.74 Å². The van der Waals surface area contributed by atoms with Gasteiger partial charge in [-0.1, -0.05) is 20.8 Å². The molecular weight excluding hydrogens is 150 g/mol. The van der Waals surface area contributed by atoms with E-state index in [-0.39, 0.29) is 5.72 Å². The highest BCUT2D eigenvalue weighted by atomic mass is 16.5. The summed E-state index contributed by atoms with van der Waals surface area (Å²) in [6.45, 7) is 8.89. The molecule has 1 aliphatic carbocycles. The van der Waals surface area contributed by atoms with Crippen LogP contribution in [0.3, 0.4) is 0 Å². The highest BCUT2D eigenvalue weighted by Gasteiger charge is 2.51. The number of hydrogen-bond donors (Lipinski definition) is 1. The first-order valence-electron chi connectivity index (χ1n) is 4.93. The summed E-state index contributed by atoms with van der Waals surface area (Å²) in [6, 6.07) is 0. The summed E-state index contributed by atoms with van der Waals surface area (Å²) in [6.07, 6.45) is 2.45. The van der Waals surface area contributed by atoms with Crippen LogP contribution >= 0.6 is 0 Å². The molecule has 2 heteroatoms. The standard InChI is InChI=1S/C10H19NO/c1-8-6-9(2,3)7-10(8)11-4-5-12-10/h8,11H,4-7H2,1-3H3. The summed E-state index contributed by atoms with van der Waals surface area (Å²) >= 11 is 0. The van der Waals surface area contributed by atoms with Crippen LogP contribution in [0.5, 0.6) is 0 Å². The zero-order chi connectivity index (χ0) is 8.82. The molecule has 2 atom stereocenters. The van der Waals surface area contributed by atoms with E-state index in [1.807, 2.05) is 0 Å². The van der Waals surface area contributed by atoms with Crippen molar-refractivity contribution in [2.75, 3.05) is 13.2 Å². The highest BCUT2D eigenvalue weighted by molar-refractivity contribution is 4.99. The number of hydrogen-bond acceptors (Lipinski definition) is 2. The zero-order valence-electron chi connectivity index (χ0n) is 8.31. The average Bonchev–Trinajstić information content (AvgIpc) is 2.42. The van der Waals surface area contributed by atoms with Gasteiger partial charge in [-0.15, -0.1) is 0 Å². The second-order valence-electron chi connectivity index (χ2n) is 5.11. The van der Waals surface area contributed by atoms with Crippen molar-refractivity contribution in [2.45, 2.75) is 39.3 Å². The highest BCUT2D eigenvalue weighted by Crippen LogP contribution is 2.48. The molecule has 2 nitrogen and oxygen atoms in total. The summed E-state index contributed by atoms with van der Waals surface area (Å²) in [5.74, 6) is 0.662. The molecule has 1 aliphatic heterocycles. The van der Waals surface area contributed by atoms with Gasteiger partial charge in [0.2, 0.25) is 0 Å². The molecule has 1 spiro atoms. The predicted molar refractivity (Wildman–Crippen MR) is 48.9 cm³/mol. The third kappa shape index (κ3) is 1.17. The number of rotatable bonds is 0. The van der Waals surface area contributed by atoms with Crippen molar-refractivity contribution in [1.29, 1.82) is 0 Å². The summed E-state index contributed by atoms with van der Waals surface area (Å²) in [5.41, 5.74) is 0.486. The Hall–Kier alpha value is -0.0800. The Morgan fingerprint density at radius 2 is 2.17 bits per heavy atom. The SMILES string of the molecule is CC1CC(C)(C)CC12NCCO2. The van der Waals surface area contributed by atoms with Crippen LogP contribution in [0, 0.1) is 11.3 Å². The molecule has 12 heavy (non-hydrogen) atoms. The van der Waals surface area contributed by atoms with Crippen molar-refractivity contribution < 1.29 is 4.74 Å². The van der Waals surface area contributed by atoms with E-state index in [1.54, 1.807) is 0 Å². The van der Waals surface area contributed by atoms with Crippen LogP contribution in [-0.4, -0.2) is 18.9 Å². The molecule has 0 aromatic heterocycles. The van der Waals surface area contributed by atoms with E-state index in [9.17, 15) is 0 Å². The van der Waals surface area contributed by atoms with Crippen LogP contribution in [0.1, 0.15) is 33.6 Å². The van der Waals surface area contributed by atoms with E-state index in [0.29, 0.717) is 11.3 Å². The summed E-state index contributed by atoms with van der Waals surface area (Å²) in [4.78, 5) is 0. The Labute approximate surface area is 74.7 Å². The van der Waals surface area contributed by atoms with Crippen molar-refractivity contribution >= 4 is 0 Å². The Balaban J connectivity index is 2.17. The van der Waals surface area contributed by atoms with Crippen molar-refractivity contribution in [1.82, 2.24) is 5.32 Å². The third-order valence-electron chi connectivity index (χ3n) is 3.28. The fourth-order valence-electron chi connectivity index (χ4n) is 2.93. The van der Waals surface area contributed by atoms with Crippen LogP contribution in [0.15, 0.2) is 0 Å². The molecule has 0 bridgehead atoms. The lowest BCUT2D eigenvalue weighted by atomic mass is 9.91. The fraction of sp³-hybridized carbons (Fsp3) is 1.00. The Morgan fingerprint density at radius 1 is 1.42 bits per heavy atom. The molecule has 2 unspecified atom stereocenters. The van der Waals surface area contributed by atoms with Crippen molar-refractivity contribution in [3.8, 4) is 0 Å². The summed E-state index contributed by atoms with van der Waals surface area (Å²) < 4.78 is 5.84. The van der Waals surface area contributed by atoms with Crippen LogP contribution < -0.4 is 5.32 Å². The van der Waals surface area contributed by atoms with Crippen LogP contribution in [0.4, 0.5) is 0 Å². The molecule has 0 aromatic carbocycles. The van der Waals surface area contributed by atoms with Crippen molar-refractivity contribution in [3.63, 3.8) is 0 Å². The van der Waals surface area contributed by atoms with Crippen molar-refractivity contribution in [3.05, 3.63) is 0 Å². The Morgan fingerprint density at radius 3 is 2.58 bits per heavy atom. The van der Waals surface area contributed by atoms with E-state index in [1.165, 1.54) is 12.8 Å². The smallest absolute Gasteiger partial charge is 0.122 e. The van der Waals surface area contributed by atoms with Gasteiger partial charge in [0.05, 0.1) is 6.61 Å². The minimum absolute atomic E-state index is 0.0312. The van der Waals surface area contributed by atoms with Gasteiger partial charge >= 0.3 is 0 Å². The van der Waals surface area contributed by atoms with Crippen LogP contribution in [0.2, 0.25) is 0 Å². The van der Waals surface area contributed by atoms with Gasteiger partial charge in [-0.05, 0) is 24.2 Å². The second-order valence-corrected chi connectivity index (χ2v) is 5.11. The molecule has 1 N–H and O–H groups in total. The zero-order valence-corrected chi connectivity index (χ0v) is 8.31. The Bertz CT molecular complexity index is 182. The monoisotopic (exact) mass is 169 g/mol. The fourth-order valence-corrected chi connectivity index (χ4v) is 2.93. The maximum absolute atomic E-state index is 5.84. The van der Waals surface area contributed by atoms with Crippen LogP contribution in [0.25, 0.3) is 0 Å². The molecule has 70 valence electrons. The predicted octanol–water partition coefficient (Wildman–Crippen LogP) is 1.76. The first-order valence-corrected chi connectivity index (χ1v) is 4.93. The van der Waals surface area contributed by atoms with Gasteiger partial charge in [0.25, 0.3) is 0 Å². The van der Waals surface area contributed by atoms with Crippen molar-refractivity contribution in [2.24, 2.45) is 11.3 Å². The van der Waals surface area contributed by atoms with E-state index in [4.69, 9.17) is 4.74 Å². The molecule has 2 rings (SSSR count). The third-order valence-corrected chi connectivity index (χ3v) is 3.28. The molecule has 1 saturated carbocycles. The van der Waals surface area contributed by atoms with Gasteiger partial charge in [0.1, 0.15) is 5.72 Å². The van der Waals surface area contributed by atoms with Gasteiger partial charge in [-0.2, -0.15) is 0 Å². The Kier molecular flexibility index (Phi) is 1.74. The molecule has 1 saturated heterocycles. The lowest BCUT2D eigenvalue weighted by Gasteiger charge is -2.28. The number of ether oxygens (including phenoxy) is 1. The maximum Gasteiger partial charge on any atom is 0.122 e. The van der Waals surface area contributed by atoms with Gasteiger partial charge in [0.15, 0.2) is 0 Å². The lowest BCUT2D eigenvalue weighted by Crippen LogP contribution is -2.43. The molecule has 0 amide bonds. The second kappa shape index (κ2) is 2.46. The number of nitrogens with one attached hydrogen (secondary N) is 1. The molecule has 2 aliphatic rings. The topological polar surface area (TPSA) is 21.3 Å². The van der Waals surface area contributed by atoms with Gasteiger partial charge in [-0.25, -0.2) is 0 Å². The normalized spacial score (nSPS) is 45.8. The first-order chi connectivity index (χ1) is 5.54. The summed E-state index contributed by atoms with van der Waals surface area (Å²) in [7, 11) is 0. The maximum atomic E-state index is 5.84. The van der Waals surface area contributed by atoms with E-state index in [0.717, 1.165) is 13.2 Å². The molecule has 2 fully saturated rings. The van der Waals surface area contributed by atoms with Gasteiger partial charge in [-0.3, -0.25) is 5.32 Å². The molecule has 0 aromatic rings. The quantitative estimate of drug-likeness (QED) is 0.596. The van der Waals surface area contributed by atoms with Crippen LogP contribution in [-0.2, 0) is 4.74 Å². The minimum Gasteiger partial charge on any atom is -0.359 e. The molecule has 0 radical (unpaired) electrons. The summed E-state index contributed by atoms with van der Waals surface area (Å²) in [5, 5.41) is 3.52. The van der Waals surface area contributed by atoms with Gasteiger partial charge in [0, 0.05) is 6.54 Å². The largest absolute Gasteiger partial charge is 0.359 e. The van der Waals surface area contributed by atoms with E-state index in [2.05, 4.69) is 26.1 Å². The average molecular weight is 169 g/mol. The molecular formula is C10H19NO. The van der Waals surface area contributed by atoms with E-state index < -0.39 is 0 Å². The lowest BCUT2D eigenvalue weighted by molar-refractivity contribution is -0.0395. The minimum atomic E-state index is 0.0312. The molecule has 1 heterocycles.